The SMILES string of the molecule is COC(CCCCCC/C=C/CCCl)OC. The lowest BCUT2D eigenvalue weighted by Gasteiger charge is -2.12. The summed E-state index contributed by atoms with van der Waals surface area (Å²) in [6.07, 6.45) is 12.5. The summed E-state index contributed by atoms with van der Waals surface area (Å²) >= 11 is 5.57. The highest BCUT2D eigenvalue weighted by atomic mass is 35.5. The molecule has 3 heteroatoms. The van der Waals surface area contributed by atoms with Gasteiger partial charge in [-0.25, -0.2) is 0 Å². The highest BCUT2D eigenvalue weighted by Crippen LogP contribution is 2.09. The summed E-state index contributed by atoms with van der Waals surface area (Å²) in [5.74, 6) is 0.728. The molecule has 0 aliphatic carbocycles. The normalized spacial score (nSPS) is 11.8. The number of rotatable bonds is 11. The zero-order valence-electron chi connectivity index (χ0n) is 10.6. The van der Waals surface area contributed by atoms with Gasteiger partial charge in [-0.3, -0.25) is 0 Å². The zero-order valence-corrected chi connectivity index (χ0v) is 11.3. The van der Waals surface area contributed by atoms with E-state index in [9.17, 15) is 0 Å². The first kappa shape index (κ1) is 16.0. The molecule has 0 aromatic rings. The van der Waals surface area contributed by atoms with Gasteiger partial charge < -0.3 is 9.47 Å². The Morgan fingerprint density at radius 2 is 1.56 bits per heavy atom. The van der Waals surface area contributed by atoms with Crippen LogP contribution < -0.4 is 0 Å². The molecule has 16 heavy (non-hydrogen) atoms. The van der Waals surface area contributed by atoms with Gasteiger partial charge in [-0.1, -0.05) is 25.0 Å². The van der Waals surface area contributed by atoms with Gasteiger partial charge >= 0.3 is 0 Å². The second-order valence-corrected chi connectivity index (χ2v) is 4.22. The monoisotopic (exact) mass is 248 g/mol. The maximum Gasteiger partial charge on any atom is 0.156 e. The van der Waals surface area contributed by atoms with E-state index in [4.69, 9.17) is 21.1 Å². The van der Waals surface area contributed by atoms with Crippen molar-refractivity contribution in [3.63, 3.8) is 0 Å². The maximum absolute atomic E-state index is 5.57. The predicted octanol–water partition coefficient (Wildman–Crippen LogP) is 4.13. The molecule has 0 bridgehead atoms. The number of hydrogen-bond donors (Lipinski definition) is 0. The summed E-state index contributed by atoms with van der Waals surface area (Å²) in [5.41, 5.74) is 0. The Morgan fingerprint density at radius 1 is 0.938 bits per heavy atom. The van der Waals surface area contributed by atoms with Gasteiger partial charge in [-0.05, 0) is 32.1 Å². The van der Waals surface area contributed by atoms with Gasteiger partial charge in [0, 0.05) is 20.1 Å². The maximum atomic E-state index is 5.57. The molecule has 0 unspecified atom stereocenters. The molecule has 0 rings (SSSR count). The van der Waals surface area contributed by atoms with Crippen LogP contribution >= 0.6 is 11.6 Å². The second kappa shape index (κ2) is 13.0. The van der Waals surface area contributed by atoms with E-state index in [0.29, 0.717) is 0 Å². The van der Waals surface area contributed by atoms with Crippen molar-refractivity contribution in [2.75, 3.05) is 20.1 Å². The van der Waals surface area contributed by atoms with Crippen LogP contribution in [0.4, 0.5) is 0 Å². The van der Waals surface area contributed by atoms with Crippen molar-refractivity contribution in [3.05, 3.63) is 12.2 Å². The van der Waals surface area contributed by atoms with Crippen LogP contribution in [0.15, 0.2) is 12.2 Å². The van der Waals surface area contributed by atoms with E-state index in [1.165, 1.54) is 32.1 Å². The molecule has 0 aliphatic rings. The Kier molecular flexibility index (Phi) is 13.0. The van der Waals surface area contributed by atoms with Crippen LogP contribution in [0, 0.1) is 0 Å². The molecule has 0 aromatic heterocycles. The molecular weight excluding hydrogens is 224 g/mol. The molecular formula is C13H25ClO2. The van der Waals surface area contributed by atoms with Crippen LogP contribution in [-0.2, 0) is 9.47 Å². The lowest BCUT2D eigenvalue weighted by atomic mass is 10.1. The summed E-state index contributed by atoms with van der Waals surface area (Å²) in [7, 11) is 3.38. The molecule has 0 atom stereocenters. The number of allylic oxidation sites excluding steroid dienone is 2. The number of unbranched alkanes of at least 4 members (excludes halogenated alkanes) is 4. The molecule has 0 fully saturated rings. The molecule has 0 radical (unpaired) electrons. The van der Waals surface area contributed by atoms with Gasteiger partial charge in [0.1, 0.15) is 0 Å². The number of alkyl halides is 1. The van der Waals surface area contributed by atoms with Gasteiger partial charge in [0.15, 0.2) is 6.29 Å². The number of ether oxygens (including phenoxy) is 2. The van der Waals surface area contributed by atoms with Crippen LogP contribution in [0.5, 0.6) is 0 Å². The van der Waals surface area contributed by atoms with Gasteiger partial charge in [0.05, 0.1) is 0 Å². The lowest BCUT2D eigenvalue weighted by molar-refractivity contribution is -0.107. The zero-order chi connectivity index (χ0) is 12.1. The highest BCUT2D eigenvalue weighted by molar-refractivity contribution is 6.17. The predicted molar refractivity (Wildman–Crippen MR) is 70.0 cm³/mol. The molecule has 96 valence electrons. The molecule has 0 saturated carbocycles. The van der Waals surface area contributed by atoms with Gasteiger partial charge in [-0.15, -0.1) is 11.6 Å². The van der Waals surface area contributed by atoms with Crippen molar-refractivity contribution < 1.29 is 9.47 Å². The number of methoxy groups -OCH3 is 2. The summed E-state index contributed by atoms with van der Waals surface area (Å²) < 4.78 is 10.3. The molecule has 0 N–H and O–H groups in total. The van der Waals surface area contributed by atoms with Gasteiger partial charge in [0.25, 0.3) is 0 Å². The minimum Gasteiger partial charge on any atom is -0.356 e. The van der Waals surface area contributed by atoms with Crippen molar-refractivity contribution in [1.82, 2.24) is 0 Å². The molecule has 0 aromatic carbocycles. The molecule has 0 spiro atoms. The molecule has 0 aliphatic heterocycles. The largest absolute Gasteiger partial charge is 0.356 e. The van der Waals surface area contributed by atoms with E-state index in [-0.39, 0.29) is 6.29 Å². The van der Waals surface area contributed by atoms with Crippen LogP contribution in [0.1, 0.15) is 44.9 Å². The van der Waals surface area contributed by atoms with E-state index >= 15 is 0 Å². The van der Waals surface area contributed by atoms with Crippen molar-refractivity contribution in [3.8, 4) is 0 Å². The van der Waals surface area contributed by atoms with Crippen molar-refractivity contribution in [1.29, 1.82) is 0 Å². The van der Waals surface area contributed by atoms with E-state index in [1.807, 2.05) is 0 Å². The molecule has 0 amide bonds. The van der Waals surface area contributed by atoms with Crippen molar-refractivity contribution in [2.45, 2.75) is 51.2 Å². The summed E-state index contributed by atoms with van der Waals surface area (Å²) in [6, 6.07) is 0. The van der Waals surface area contributed by atoms with Crippen molar-refractivity contribution in [2.24, 2.45) is 0 Å². The third kappa shape index (κ3) is 10.5. The average Bonchev–Trinajstić information content (AvgIpc) is 2.32. The topological polar surface area (TPSA) is 18.5 Å². The van der Waals surface area contributed by atoms with E-state index in [2.05, 4.69) is 12.2 Å². The van der Waals surface area contributed by atoms with E-state index < -0.39 is 0 Å². The van der Waals surface area contributed by atoms with Gasteiger partial charge in [0.2, 0.25) is 0 Å². The summed E-state index contributed by atoms with van der Waals surface area (Å²) in [6.45, 7) is 0. The summed E-state index contributed by atoms with van der Waals surface area (Å²) in [5, 5.41) is 0. The van der Waals surface area contributed by atoms with Crippen LogP contribution in [-0.4, -0.2) is 26.4 Å². The fourth-order valence-electron chi connectivity index (χ4n) is 1.56. The Hall–Kier alpha value is -0.0500. The van der Waals surface area contributed by atoms with E-state index in [1.54, 1.807) is 14.2 Å². The molecule has 0 saturated heterocycles. The third-order valence-electron chi connectivity index (χ3n) is 2.53. The van der Waals surface area contributed by atoms with Crippen molar-refractivity contribution >= 4 is 11.6 Å². The van der Waals surface area contributed by atoms with E-state index in [0.717, 1.165) is 18.7 Å². The first-order valence-corrected chi connectivity index (χ1v) is 6.65. The lowest BCUT2D eigenvalue weighted by Crippen LogP contribution is -2.12. The Balaban J connectivity index is 3.15. The Morgan fingerprint density at radius 3 is 2.19 bits per heavy atom. The second-order valence-electron chi connectivity index (χ2n) is 3.84. The molecule has 2 nitrogen and oxygen atoms in total. The standard InChI is InChI=1S/C13H25ClO2/c1-15-13(16-2)11-9-7-5-3-4-6-8-10-12-14/h6,8,13H,3-5,7,9-12H2,1-2H3/b8-6+. The summed E-state index contributed by atoms with van der Waals surface area (Å²) in [4.78, 5) is 0. The first-order chi connectivity index (χ1) is 7.85. The quantitative estimate of drug-likeness (QED) is 0.237. The van der Waals surface area contributed by atoms with Gasteiger partial charge in [-0.2, -0.15) is 0 Å². The number of halogens is 1. The minimum absolute atomic E-state index is 0.0244. The minimum atomic E-state index is -0.0244. The Bertz CT molecular complexity index is 156. The smallest absolute Gasteiger partial charge is 0.156 e. The highest BCUT2D eigenvalue weighted by Gasteiger charge is 2.03. The van der Waals surface area contributed by atoms with Crippen LogP contribution in [0.25, 0.3) is 0 Å². The average molecular weight is 249 g/mol. The third-order valence-corrected chi connectivity index (χ3v) is 2.75. The fraction of sp³-hybridized carbons (Fsp3) is 0.846. The van der Waals surface area contributed by atoms with Crippen LogP contribution in [0.3, 0.4) is 0 Å². The van der Waals surface area contributed by atoms with Crippen LogP contribution in [0.2, 0.25) is 0 Å². The Labute approximate surface area is 105 Å². The first-order valence-electron chi connectivity index (χ1n) is 6.11. The molecule has 0 heterocycles. The fourth-order valence-corrected chi connectivity index (χ4v) is 1.68. The number of hydrogen-bond acceptors (Lipinski definition) is 2.